The van der Waals surface area contributed by atoms with E-state index >= 15 is 0 Å². The first kappa shape index (κ1) is 28.7. The largest absolute Gasteiger partial charge is 0.103 e. The Morgan fingerprint density at radius 1 is 0.345 bits per heavy atom. The smallest absolute Gasteiger partial charge is 0.0353 e. The summed E-state index contributed by atoms with van der Waals surface area (Å²) in [4.78, 5) is 0. The van der Waals surface area contributed by atoms with Crippen molar-refractivity contribution in [2.75, 3.05) is 0 Å². The molecule has 0 amide bonds. The molecule has 0 atom stereocenters. The SMILES string of the molecule is C=CCCCCCCCCCCCCCCCCCCCCCCCCCCC. The third kappa shape index (κ3) is 27.7. The molecule has 0 aromatic carbocycles. The van der Waals surface area contributed by atoms with Crippen LogP contribution >= 0.6 is 0 Å². The molecule has 0 aliphatic heterocycles. The average Bonchev–Trinajstić information content (AvgIpc) is 2.74. The summed E-state index contributed by atoms with van der Waals surface area (Å²) < 4.78 is 0. The first-order chi connectivity index (χ1) is 14.4. The minimum absolute atomic E-state index is 1.21. The molecule has 0 aromatic rings. The van der Waals surface area contributed by atoms with E-state index in [-0.39, 0.29) is 0 Å². The monoisotopic (exact) mass is 406 g/mol. The standard InChI is InChI=1S/C29H58/c1-3-5-7-9-11-13-15-17-19-21-23-25-27-29-28-26-24-22-20-18-16-14-12-10-8-6-4-2/h3H,1,4-29H2,2H3. The van der Waals surface area contributed by atoms with Gasteiger partial charge in [0.1, 0.15) is 0 Å². The van der Waals surface area contributed by atoms with Crippen molar-refractivity contribution in [3.8, 4) is 0 Å². The fourth-order valence-corrected chi connectivity index (χ4v) is 4.43. The number of unbranched alkanes of at least 4 members (excludes halogenated alkanes) is 25. The van der Waals surface area contributed by atoms with Crippen LogP contribution in [0.25, 0.3) is 0 Å². The Bertz CT molecular complexity index is 280. The molecular formula is C29H58. The highest BCUT2D eigenvalue weighted by atomic mass is 14.0. The molecule has 0 unspecified atom stereocenters. The fourth-order valence-electron chi connectivity index (χ4n) is 4.43. The second-order valence-electron chi connectivity index (χ2n) is 9.56. The highest BCUT2D eigenvalue weighted by molar-refractivity contribution is 4.65. The average molecular weight is 407 g/mol. The minimum atomic E-state index is 1.21. The summed E-state index contributed by atoms with van der Waals surface area (Å²) >= 11 is 0. The summed E-state index contributed by atoms with van der Waals surface area (Å²) in [5, 5.41) is 0. The molecule has 0 aliphatic rings. The van der Waals surface area contributed by atoms with Crippen LogP contribution in [0.5, 0.6) is 0 Å². The van der Waals surface area contributed by atoms with Gasteiger partial charge in [0.15, 0.2) is 0 Å². The Morgan fingerprint density at radius 2 is 0.552 bits per heavy atom. The second-order valence-corrected chi connectivity index (χ2v) is 9.56. The van der Waals surface area contributed by atoms with Crippen LogP contribution in [0.2, 0.25) is 0 Å². The van der Waals surface area contributed by atoms with Gasteiger partial charge in [-0.05, 0) is 12.8 Å². The lowest BCUT2D eigenvalue weighted by atomic mass is 10.0. The normalized spacial score (nSPS) is 11.2. The summed E-state index contributed by atoms with van der Waals surface area (Å²) in [5.74, 6) is 0. The molecule has 0 nitrogen and oxygen atoms in total. The van der Waals surface area contributed by atoms with Crippen LogP contribution in [-0.4, -0.2) is 0 Å². The Kier molecular flexibility index (Phi) is 27.5. The predicted octanol–water partition coefficient (Wildman–Crippen LogP) is 11.3. The quantitative estimate of drug-likeness (QED) is 0.0989. The van der Waals surface area contributed by atoms with Gasteiger partial charge >= 0.3 is 0 Å². The molecular weight excluding hydrogens is 348 g/mol. The van der Waals surface area contributed by atoms with Crippen LogP contribution < -0.4 is 0 Å². The number of rotatable bonds is 26. The van der Waals surface area contributed by atoms with E-state index in [0.717, 1.165) is 0 Å². The zero-order valence-corrected chi connectivity index (χ0v) is 20.7. The summed E-state index contributed by atoms with van der Waals surface area (Å²) in [6.07, 6.45) is 39.9. The van der Waals surface area contributed by atoms with Gasteiger partial charge in [-0.15, -0.1) is 6.58 Å². The number of hydrogen-bond acceptors (Lipinski definition) is 0. The predicted molar refractivity (Wildman–Crippen MR) is 136 cm³/mol. The molecule has 0 radical (unpaired) electrons. The summed E-state index contributed by atoms with van der Waals surface area (Å²) in [6, 6.07) is 0. The van der Waals surface area contributed by atoms with Gasteiger partial charge in [0, 0.05) is 0 Å². The van der Waals surface area contributed by atoms with Crippen LogP contribution in [0.1, 0.15) is 174 Å². The molecule has 0 spiro atoms. The van der Waals surface area contributed by atoms with Crippen LogP contribution in [-0.2, 0) is 0 Å². The van der Waals surface area contributed by atoms with Crippen molar-refractivity contribution in [3.05, 3.63) is 12.7 Å². The van der Waals surface area contributed by atoms with Gasteiger partial charge in [0.25, 0.3) is 0 Å². The Balaban J connectivity index is 2.97. The third-order valence-corrected chi connectivity index (χ3v) is 6.51. The molecule has 29 heavy (non-hydrogen) atoms. The number of allylic oxidation sites excluding steroid dienone is 1. The van der Waals surface area contributed by atoms with Crippen LogP contribution in [0.15, 0.2) is 12.7 Å². The molecule has 174 valence electrons. The molecule has 0 heteroatoms. The van der Waals surface area contributed by atoms with Crippen molar-refractivity contribution in [2.45, 2.75) is 174 Å². The van der Waals surface area contributed by atoms with Gasteiger partial charge in [0.05, 0.1) is 0 Å². The highest BCUT2D eigenvalue weighted by Gasteiger charge is 1.96. The van der Waals surface area contributed by atoms with Crippen LogP contribution in [0.3, 0.4) is 0 Å². The molecule has 0 rings (SSSR count). The zero-order chi connectivity index (χ0) is 21.1. The van der Waals surface area contributed by atoms with Crippen LogP contribution in [0.4, 0.5) is 0 Å². The topological polar surface area (TPSA) is 0 Å². The molecule has 0 aromatic heterocycles. The fraction of sp³-hybridized carbons (Fsp3) is 0.931. The summed E-state index contributed by atoms with van der Waals surface area (Å²) in [5.41, 5.74) is 0. The maximum absolute atomic E-state index is 3.79. The van der Waals surface area contributed by atoms with Crippen molar-refractivity contribution >= 4 is 0 Å². The molecule has 0 fully saturated rings. The molecule has 0 saturated carbocycles. The molecule has 0 saturated heterocycles. The van der Waals surface area contributed by atoms with E-state index < -0.39 is 0 Å². The summed E-state index contributed by atoms with van der Waals surface area (Å²) in [7, 11) is 0. The van der Waals surface area contributed by atoms with Crippen molar-refractivity contribution in [3.63, 3.8) is 0 Å². The van der Waals surface area contributed by atoms with Gasteiger partial charge in [-0.1, -0.05) is 167 Å². The van der Waals surface area contributed by atoms with Gasteiger partial charge in [-0.2, -0.15) is 0 Å². The van der Waals surface area contributed by atoms with Gasteiger partial charge in [0.2, 0.25) is 0 Å². The molecule has 0 bridgehead atoms. The molecule has 0 aliphatic carbocycles. The highest BCUT2D eigenvalue weighted by Crippen LogP contribution is 2.15. The Morgan fingerprint density at radius 3 is 0.759 bits per heavy atom. The van der Waals surface area contributed by atoms with Gasteiger partial charge in [-0.3, -0.25) is 0 Å². The maximum atomic E-state index is 3.79. The zero-order valence-electron chi connectivity index (χ0n) is 20.7. The van der Waals surface area contributed by atoms with E-state index in [1.807, 2.05) is 0 Å². The van der Waals surface area contributed by atoms with E-state index in [2.05, 4.69) is 19.6 Å². The van der Waals surface area contributed by atoms with E-state index in [1.54, 1.807) is 0 Å². The first-order valence-electron chi connectivity index (χ1n) is 14.0. The Hall–Kier alpha value is -0.260. The lowest BCUT2D eigenvalue weighted by molar-refractivity contribution is 0.516. The minimum Gasteiger partial charge on any atom is -0.103 e. The third-order valence-electron chi connectivity index (χ3n) is 6.51. The summed E-state index contributed by atoms with van der Waals surface area (Å²) in [6.45, 7) is 6.09. The molecule has 0 N–H and O–H groups in total. The van der Waals surface area contributed by atoms with Crippen molar-refractivity contribution in [1.82, 2.24) is 0 Å². The van der Waals surface area contributed by atoms with Gasteiger partial charge in [-0.25, -0.2) is 0 Å². The van der Waals surface area contributed by atoms with E-state index in [9.17, 15) is 0 Å². The van der Waals surface area contributed by atoms with Crippen molar-refractivity contribution in [1.29, 1.82) is 0 Å². The second kappa shape index (κ2) is 27.7. The Labute approximate surface area is 186 Å². The maximum Gasteiger partial charge on any atom is -0.0353 e. The molecule has 0 heterocycles. The lowest BCUT2D eigenvalue weighted by Crippen LogP contribution is -1.84. The first-order valence-corrected chi connectivity index (χ1v) is 14.0. The van der Waals surface area contributed by atoms with E-state index in [0.29, 0.717) is 0 Å². The van der Waals surface area contributed by atoms with E-state index in [1.165, 1.54) is 167 Å². The number of hydrogen-bond donors (Lipinski definition) is 0. The van der Waals surface area contributed by atoms with Crippen molar-refractivity contribution < 1.29 is 0 Å². The van der Waals surface area contributed by atoms with Gasteiger partial charge < -0.3 is 0 Å². The lowest BCUT2D eigenvalue weighted by Gasteiger charge is -2.04. The van der Waals surface area contributed by atoms with Crippen LogP contribution in [0, 0.1) is 0 Å². The van der Waals surface area contributed by atoms with E-state index in [4.69, 9.17) is 0 Å². The van der Waals surface area contributed by atoms with Crippen molar-refractivity contribution in [2.24, 2.45) is 0 Å².